The minimum atomic E-state index is -4.17. The normalized spacial score (nSPS) is 10.4. The van der Waals surface area contributed by atoms with Crippen LogP contribution in [0.2, 0.25) is 0 Å². The largest absolute Gasteiger partial charge is 0.316 e. The molecule has 0 aliphatic heterocycles. The molecule has 7 heteroatoms. The number of anilines is 1. The van der Waals surface area contributed by atoms with Gasteiger partial charge in [0.15, 0.2) is 0 Å². The Morgan fingerprint density at radius 3 is 2.00 bits per heavy atom. The van der Waals surface area contributed by atoms with Crippen molar-refractivity contribution < 1.29 is 17.8 Å². The number of amides is 1. The van der Waals surface area contributed by atoms with Crippen LogP contribution in [0, 0.1) is 0 Å². The molecule has 0 unspecified atom stereocenters. The molecular weight excluding hydrogens is 254 g/mol. The van der Waals surface area contributed by atoms with Crippen LogP contribution in [-0.4, -0.2) is 25.9 Å². The molecule has 0 heterocycles. The second-order valence-corrected chi connectivity index (χ2v) is 4.47. The molecule has 90 valence electrons. The predicted octanol–water partition coefficient (Wildman–Crippen LogP) is 1.34. The lowest BCUT2D eigenvalue weighted by Gasteiger charge is -2.14. The Kier molecular flexibility index (Phi) is 4.92. The fraction of sp³-hybridized carbons (Fsp3) is 0.222. The zero-order valence-corrected chi connectivity index (χ0v) is 10.4. The maximum Gasteiger partial charge on any atom is 0.294 e. The molecule has 0 spiro atoms. The van der Waals surface area contributed by atoms with Gasteiger partial charge in [0, 0.05) is 19.7 Å². The molecule has 0 aliphatic carbocycles. The van der Waals surface area contributed by atoms with E-state index < -0.39 is 10.1 Å². The number of carbonyl (C=O) groups is 1. The molecular formula is C9H12ClNO4S. The van der Waals surface area contributed by atoms with E-state index in [4.69, 9.17) is 4.55 Å². The Hall–Kier alpha value is -1.11. The van der Waals surface area contributed by atoms with E-state index >= 15 is 0 Å². The summed E-state index contributed by atoms with van der Waals surface area (Å²) in [7, 11) is -2.59. The minimum absolute atomic E-state index is 0. The molecule has 0 saturated carbocycles. The zero-order chi connectivity index (χ0) is 11.6. The fourth-order valence-electron chi connectivity index (χ4n) is 1.02. The molecule has 0 bridgehead atoms. The van der Waals surface area contributed by atoms with Crippen molar-refractivity contribution >= 4 is 34.1 Å². The number of carbonyl (C=O) groups excluding carboxylic acids is 1. The Bertz CT molecular complexity index is 469. The van der Waals surface area contributed by atoms with E-state index in [9.17, 15) is 13.2 Å². The quantitative estimate of drug-likeness (QED) is 0.819. The summed E-state index contributed by atoms with van der Waals surface area (Å²) >= 11 is 0. The fourth-order valence-corrected chi connectivity index (χ4v) is 1.50. The highest BCUT2D eigenvalue weighted by atomic mass is 35.5. The second-order valence-electron chi connectivity index (χ2n) is 3.05. The van der Waals surface area contributed by atoms with Crippen LogP contribution in [0.15, 0.2) is 29.2 Å². The molecule has 5 nitrogen and oxygen atoms in total. The lowest BCUT2D eigenvalue weighted by atomic mass is 10.3. The lowest BCUT2D eigenvalue weighted by Crippen LogP contribution is -2.22. The first kappa shape index (κ1) is 14.9. The zero-order valence-electron chi connectivity index (χ0n) is 8.75. The summed E-state index contributed by atoms with van der Waals surface area (Å²) in [5.74, 6) is -0.158. The highest BCUT2D eigenvalue weighted by molar-refractivity contribution is 7.85. The van der Waals surface area contributed by atoms with E-state index in [1.807, 2.05) is 0 Å². The van der Waals surface area contributed by atoms with Gasteiger partial charge in [-0.25, -0.2) is 0 Å². The van der Waals surface area contributed by atoms with Crippen molar-refractivity contribution in [3.05, 3.63) is 24.3 Å². The van der Waals surface area contributed by atoms with Crippen molar-refractivity contribution in [3.8, 4) is 0 Å². The van der Waals surface area contributed by atoms with Gasteiger partial charge in [-0.15, -0.1) is 12.4 Å². The smallest absolute Gasteiger partial charge is 0.294 e. The monoisotopic (exact) mass is 265 g/mol. The number of nitrogens with zero attached hydrogens (tertiary/aromatic N) is 1. The number of halogens is 1. The molecule has 0 fully saturated rings. The first-order valence-electron chi connectivity index (χ1n) is 4.14. The van der Waals surface area contributed by atoms with Gasteiger partial charge in [-0.05, 0) is 24.3 Å². The van der Waals surface area contributed by atoms with Crippen LogP contribution in [0.25, 0.3) is 0 Å². The predicted molar refractivity (Wildman–Crippen MR) is 62.6 cm³/mol. The number of hydrogen-bond acceptors (Lipinski definition) is 3. The first-order chi connectivity index (χ1) is 6.82. The van der Waals surface area contributed by atoms with Crippen molar-refractivity contribution in [2.75, 3.05) is 11.9 Å². The van der Waals surface area contributed by atoms with E-state index in [1.165, 1.54) is 36.1 Å². The molecule has 1 amide bonds. The van der Waals surface area contributed by atoms with Gasteiger partial charge < -0.3 is 4.90 Å². The maximum atomic E-state index is 11.0. The van der Waals surface area contributed by atoms with Crippen LogP contribution in [-0.2, 0) is 14.9 Å². The Labute approximate surface area is 100 Å². The molecule has 0 atom stereocenters. The molecule has 0 aliphatic rings. The van der Waals surface area contributed by atoms with Crippen LogP contribution in [0.4, 0.5) is 5.69 Å². The highest BCUT2D eigenvalue weighted by Gasteiger charge is 2.10. The average molecular weight is 266 g/mol. The first-order valence-corrected chi connectivity index (χ1v) is 5.58. The standard InChI is InChI=1S/C9H11NO4S.ClH/c1-7(11)10(2)8-3-5-9(6-4-8)15(12,13)14;/h3-6H,1-2H3,(H,12,13,14);1H. The van der Waals surface area contributed by atoms with Gasteiger partial charge >= 0.3 is 0 Å². The molecule has 1 aromatic carbocycles. The van der Waals surface area contributed by atoms with E-state index in [2.05, 4.69) is 0 Å². The van der Waals surface area contributed by atoms with Gasteiger partial charge in [0.2, 0.25) is 5.91 Å². The third kappa shape index (κ3) is 3.48. The van der Waals surface area contributed by atoms with Gasteiger partial charge in [-0.3, -0.25) is 9.35 Å². The molecule has 0 saturated heterocycles. The van der Waals surface area contributed by atoms with E-state index in [0.717, 1.165) is 0 Å². The average Bonchev–Trinajstić information content (AvgIpc) is 2.15. The summed E-state index contributed by atoms with van der Waals surface area (Å²) in [5.41, 5.74) is 0.565. The highest BCUT2D eigenvalue weighted by Crippen LogP contribution is 2.16. The van der Waals surface area contributed by atoms with Crippen molar-refractivity contribution in [2.24, 2.45) is 0 Å². The van der Waals surface area contributed by atoms with Crippen molar-refractivity contribution in [1.82, 2.24) is 0 Å². The summed E-state index contributed by atoms with van der Waals surface area (Å²) in [6.45, 7) is 1.40. The van der Waals surface area contributed by atoms with Crippen molar-refractivity contribution in [2.45, 2.75) is 11.8 Å². The Balaban J connectivity index is 0.00000225. The van der Waals surface area contributed by atoms with Crippen LogP contribution in [0.1, 0.15) is 6.92 Å². The summed E-state index contributed by atoms with van der Waals surface area (Å²) in [5, 5.41) is 0. The third-order valence-corrected chi connectivity index (χ3v) is 2.86. The van der Waals surface area contributed by atoms with Gasteiger partial charge in [-0.1, -0.05) is 0 Å². The van der Waals surface area contributed by atoms with Crippen LogP contribution >= 0.6 is 12.4 Å². The van der Waals surface area contributed by atoms with Gasteiger partial charge in [-0.2, -0.15) is 8.42 Å². The molecule has 1 aromatic rings. The topological polar surface area (TPSA) is 74.7 Å². The minimum Gasteiger partial charge on any atom is -0.316 e. The van der Waals surface area contributed by atoms with Crippen molar-refractivity contribution in [1.29, 1.82) is 0 Å². The van der Waals surface area contributed by atoms with Gasteiger partial charge in [0.25, 0.3) is 10.1 Å². The Morgan fingerprint density at radius 1 is 1.25 bits per heavy atom. The number of rotatable bonds is 2. The molecule has 1 N–H and O–H groups in total. The summed E-state index contributed by atoms with van der Waals surface area (Å²) < 4.78 is 30.2. The van der Waals surface area contributed by atoms with Crippen LogP contribution in [0.3, 0.4) is 0 Å². The molecule has 1 rings (SSSR count). The van der Waals surface area contributed by atoms with Crippen LogP contribution in [0.5, 0.6) is 0 Å². The summed E-state index contributed by atoms with van der Waals surface area (Å²) in [6.07, 6.45) is 0. The molecule has 16 heavy (non-hydrogen) atoms. The SMILES string of the molecule is CC(=O)N(C)c1ccc(S(=O)(=O)O)cc1.Cl. The van der Waals surface area contributed by atoms with Gasteiger partial charge in [0.1, 0.15) is 0 Å². The Morgan fingerprint density at radius 2 is 1.69 bits per heavy atom. The summed E-state index contributed by atoms with van der Waals surface area (Å²) in [6, 6.07) is 5.38. The maximum absolute atomic E-state index is 11.0. The van der Waals surface area contributed by atoms with E-state index in [-0.39, 0.29) is 23.2 Å². The molecule has 0 radical (unpaired) electrons. The third-order valence-electron chi connectivity index (χ3n) is 1.99. The van der Waals surface area contributed by atoms with Crippen LogP contribution < -0.4 is 4.90 Å². The van der Waals surface area contributed by atoms with E-state index in [1.54, 1.807) is 7.05 Å². The molecule has 0 aromatic heterocycles. The van der Waals surface area contributed by atoms with Crippen molar-refractivity contribution in [3.63, 3.8) is 0 Å². The second kappa shape index (κ2) is 5.29. The van der Waals surface area contributed by atoms with E-state index in [0.29, 0.717) is 5.69 Å². The number of benzene rings is 1. The van der Waals surface area contributed by atoms with Gasteiger partial charge in [0.05, 0.1) is 4.90 Å². The lowest BCUT2D eigenvalue weighted by molar-refractivity contribution is -0.116. The number of hydrogen-bond donors (Lipinski definition) is 1. The summed E-state index contributed by atoms with van der Waals surface area (Å²) in [4.78, 5) is 12.2.